The number of aromatic carboxylic acids is 1. The van der Waals surface area contributed by atoms with E-state index in [4.69, 9.17) is 0 Å². The van der Waals surface area contributed by atoms with Crippen LogP contribution in [0.5, 0.6) is 0 Å². The molecule has 0 unspecified atom stereocenters. The number of carboxylic acids is 1. The summed E-state index contributed by atoms with van der Waals surface area (Å²) in [6.07, 6.45) is 1.86. The molecule has 0 saturated carbocycles. The molecule has 1 rings (SSSR count). The quantitative estimate of drug-likeness (QED) is 0.472. The Balaban J connectivity index is 0.00000169. The van der Waals surface area contributed by atoms with Crippen molar-refractivity contribution in [2.45, 2.75) is 19.9 Å². The van der Waals surface area contributed by atoms with Crippen molar-refractivity contribution in [2.75, 3.05) is 0 Å². The minimum absolute atomic E-state index is 0. The monoisotopic (exact) mass is 204 g/mol. The molecule has 0 atom stereocenters. The van der Waals surface area contributed by atoms with Crippen molar-refractivity contribution in [3.05, 3.63) is 18.0 Å². The average Bonchev–Trinajstić information content (AvgIpc) is 2.52. The second-order valence-corrected chi connectivity index (χ2v) is 2.58. The van der Waals surface area contributed by atoms with Crippen LogP contribution in [0.4, 0.5) is 0 Å². The van der Waals surface area contributed by atoms with Gasteiger partial charge < -0.3 is 9.90 Å². The molecule has 1 aromatic rings. The van der Waals surface area contributed by atoms with Gasteiger partial charge in [-0.3, -0.25) is 9.48 Å². The third-order valence-electron chi connectivity index (χ3n) is 1.58. The number of Topliss-reactive ketones (excluding diaryl/α,β-unsaturated/α-hetero) is 1. The molecule has 0 bridgehead atoms. The van der Waals surface area contributed by atoms with E-state index in [1.54, 1.807) is 6.92 Å². The van der Waals surface area contributed by atoms with E-state index < -0.39 is 5.97 Å². The number of hydrogen-bond donors (Lipinski definition) is 0. The molecule has 14 heavy (non-hydrogen) atoms. The van der Waals surface area contributed by atoms with Gasteiger partial charge in [-0.2, -0.15) is 5.10 Å². The van der Waals surface area contributed by atoms with Crippen LogP contribution in [0.25, 0.3) is 0 Å². The fourth-order valence-corrected chi connectivity index (χ4v) is 0.851. The summed E-state index contributed by atoms with van der Waals surface area (Å²) < 4.78 is 1.29. The molecule has 5 nitrogen and oxygen atoms in total. The molecular weight excluding hydrogens is 195 g/mol. The van der Waals surface area contributed by atoms with Gasteiger partial charge >= 0.3 is 29.6 Å². The number of hydrogen-bond acceptors (Lipinski definition) is 4. The Kier molecular flexibility index (Phi) is 5.68. The first-order valence-electron chi connectivity index (χ1n) is 3.90. The first-order valence-corrected chi connectivity index (χ1v) is 3.90. The third kappa shape index (κ3) is 3.61. The van der Waals surface area contributed by atoms with Gasteiger partial charge in [0.2, 0.25) is 0 Å². The smallest absolute Gasteiger partial charge is 0.543 e. The number of aromatic nitrogens is 2. The Morgan fingerprint density at radius 1 is 1.57 bits per heavy atom. The molecule has 0 aromatic carbocycles. The van der Waals surface area contributed by atoms with Crippen molar-refractivity contribution in [3.8, 4) is 0 Å². The van der Waals surface area contributed by atoms with Gasteiger partial charge in [0, 0.05) is 12.6 Å². The molecule has 0 aliphatic rings. The molecule has 0 aliphatic heterocycles. The van der Waals surface area contributed by atoms with Gasteiger partial charge in [0.25, 0.3) is 0 Å². The van der Waals surface area contributed by atoms with Crippen LogP contribution in [0.1, 0.15) is 23.8 Å². The topological polar surface area (TPSA) is 75.0 Å². The van der Waals surface area contributed by atoms with Crippen LogP contribution in [0.2, 0.25) is 0 Å². The van der Waals surface area contributed by atoms with Crippen LogP contribution in [-0.2, 0) is 11.3 Å². The molecule has 70 valence electrons. The molecular formula is C8H9N2NaO3. The Labute approximate surface area is 103 Å². The van der Waals surface area contributed by atoms with Crippen molar-refractivity contribution in [1.82, 2.24) is 9.78 Å². The van der Waals surface area contributed by atoms with Crippen LogP contribution < -0.4 is 34.7 Å². The summed E-state index contributed by atoms with van der Waals surface area (Å²) in [6, 6.07) is 1.30. The Bertz CT molecular complexity index is 335. The zero-order valence-electron chi connectivity index (χ0n) is 8.19. The van der Waals surface area contributed by atoms with Crippen molar-refractivity contribution in [1.29, 1.82) is 0 Å². The standard InChI is InChI=1S/C8H10N2O3.Na/c1-2-6(11)5-10-4-3-7(9-10)8(12)13;/h3-4H,2,5H2,1H3,(H,12,13);/q;+1/p-1. The maximum absolute atomic E-state index is 10.9. The van der Waals surface area contributed by atoms with Crippen LogP contribution in [0, 0.1) is 0 Å². The zero-order valence-corrected chi connectivity index (χ0v) is 10.2. The first-order chi connectivity index (χ1) is 6.13. The van der Waals surface area contributed by atoms with E-state index >= 15 is 0 Å². The number of carboxylic acid groups (broad SMARTS) is 1. The Morgan fingerprint density at radius 2 is 2.21 bits per heavy atom. The van der Waals surface area contributed by atoms with Crippen LogP contribution in [0.15, 0.2) is 12.3 Å². The summed E-state index contributed by atoms with van der Waals surface area (Å²) in [6.45, 7) is 1.86. The SMILES string of the molecule is CCC(=O)Cn1ccc(C(=O)[O-])n1.[Na+]. The second kappa shape index (κ2) is 5.95. The van der Waals surface area contributed by atoms with Crippen molar-refractivity contribution in [3.63, 3.8) is 0 Å². The predicted octanol–water partition coefficient (Wildman–Crippen LogP) is -3.77. The third-order valence-corrected chi connectivity index (χ3v) is 1.58. The molecule has 0 fully saturated rings. The van der Waals surface area contributed by atoms with E-state index in [1.165, 1.54) is 16.9 Å². The zero-order chi connectivity index (χ0) is 9.84. The Morgan fingerprint density at radius 3 is 2.64 bits per heavy atom. The summed E-state index contributed by atoms with van der Waals surface area (Å²) in [5.74, 6) is -1.32. The molecule has 1 heterocycles. The minimum Gasteiger partial charge on any atom is -0.543 e. The number of nitrogens with zero attached hydrogens (tertiary/aromatic N) is 2. The van der Waals surface area contributed by atoms with Gasteiger partial charge in [0.1, 0.15) is 5.69 Å². The minimum atomic E-state index is -1.33. The fourth-order valence-electron chi connectivity index (χ4n) is 0.851. The molecule has 1 aromatic heterocycles. The number of carbonyl (C=O) groups excluding carboxylic acids is 2. The van der Waals surface area contributed by atoms with E-state index in [1.807, 2.05) is 0 Å². The van der Waals surface area contributed by atoms with Gasteiger partial charge in [0.15, 0.2) is 5.78 Å². The van der Waals surface area contributed by atoms with E-state index in [0.717, 1.165) is 0 Å². The number of carbonyl (C=O) groups is 2. The summed E-state index contributed by atoms with van der Waals surface area (Å²) >= 11 is 0. The molecule has 0 amide bonds. The summed E-state index contributed by atoms with van der Waals surface area (Å²) in [7, 11) is 0. The maximum atomic E-state index is 10.9. The van der Waals surface area contributed by atoms with E-state index in [9.17, 15) is 14.7 Å². The fraction of sp³-hybridized carbons (Fsp3) is 0.375. The Hall–Kier alpha value is -0.650. The number of ketones is 1. The molecule has 0 saturated heterocycles. The molecule has 0 N–H and O–H groups in total. The summed E-state index contributed by atoms with van der Waals surface area (Å²) in [4.78, 5) is 21.2. The molecule has 0 aliphatic carbocycles. The molecule has 6 heteroatoms. The van der Waals surface area contributed by atoms with Crippen molar-refractivity contribution >= 4 is 11.8 Å². The predicted molar refractivity (Wildman–Crippen MR) is 41.9 cm³/mol. The van der Waals surface area contributed by atoms with Crippen LogP contribution in [0.3, 0.4) is 0 Å². The van der Waals surface area contributed by atoms with E-state index in [2.05, 4.69) is 5.10 Å². The largest absolute Gasteiger partial charge is 1.00 e. The normalized spacial score (nSPS) is 9.21. The maximum Gasteiger partial charge on any atom is 1.00 e. The van der Waals surface area contributed by atoms with E-state index in [-0.39, 0.29) is 47.6 Å². The summed E-state index contributed by atoms with van der Waals surface area (Å²) in [5.41, 5.74) is -0.149. The molecule has 0 radical (unpaired) electrons. The van der Waals surface area contributed by atoms with Gasteiger partial charge in [-0.15, -0.1) is 0 Å². The average molecular weight is 204 g/mol. The van der Waals surface area contributed by atoms with Gasteiger partial charge in [-0.05, 0) is 6.07 Å². The summed E-state index contributed by atoms with van der Waals surface area (Å²) in [5, 5.41) is 13.9. The van der Waals surface area contributed by atoms with Crippen molar-refractivity contribution in [2.24, 2.45) is 0 Å². The van der Waals surface area contributed by atoms with Gasteiger partial charge in [-0.1, -0.05) is 6.92 Å². The second-order valence-electron chi connectivity index (χ2n) is 2.58. The van der Waals surface area contributed by atoms with Crippen molar-refractivity contribution < 1.29 is 44.3 Å². The van der Waals surface area contributed by atoms with Gasteiger partial charge in [0.05, 0.1) is 12.5 Å². The van der Waals surface area contributed by atoms with Crippen LogP contribution in [-0.4, -0.2) is 21.5 Å². The number of rotatable bonds is 4. The van der Waals surface area contributed by atoms with E-state index in [0.29, 0.717) is 6.42 Å². The molecule has 0 spiro atoms. The van der Waals surface area contributed by atoms with Crippen LogP contribution >= 0.6 is 0 Å². The first kappa shape index (κ1) is 13.4. The van der Waals surface area contributed by atoms with Gasteiger partial charge in [-0.25, -0.2) is 0 Å².